The molecule has 0 aliphatic heterocycles. The van der Waals surface area contributed by atoms with Gasteiger partial charge in [-0.3, -0.25) is 4.99 Å². The van der Waals surface area contributed by atoms with Crippen LogP contribution in [0.5, 0.6) is 0 Å². The Kier molecular flexibility index (Phi) is 3.86. The lowest BCUT2D eigenvalue weighted by Gasteiger charge is -2.26. The van der Waals surface area contributed by atoms with Gasteiger partial charge in [-0.25, -0.2) is 4.98 Å². The highest BCUT2D eigenvalue weighted by Crippen LogP contribution is 2.33. The monoisotopic (exact) mass is 281 g/mol. The summed E-state index contributed by atoms with van der Waals surface area (Å²) in [7, 11) is 0. The molecule has 0 fully saturated rings. The maximum Gasteiger partial charge on any atom is 0.106 e. The molecule has 0 saturated carbocycles. The second-order valence-corrected chi connectivity index (χ2v) is 4.79. The lowest BCUT2D eigenvalue weighted by atomic mass is 9.87. The highest BCUT2D eigenvalue weighted by atomic mass is 79.9. The highest BCUT2D eigenvalue weighted by molar-refractivity contribution is 9.10. The van der Waals surface area contributed by atoms with Crippen LogP contribution in [0.15, 0.2) is 40.1 Å². The molecule has 3 nitrogen and oxygen atoms in total. The Hall–Kier alpha value is -1.16. The van der Waals surface area contributed by atoms with Gasteiger partial charge in [0.25, 0.3) is 0 Å². The SMILES string of the molecule is C=C(C)C(C)(N=C(C)N)c1ccnc(Br)c1. The Morgan fingerprint density at radius 2 is 2.19 bits per heavy atom. The number of nitrogens with two attached hydrogens (primary N) is 1. The largest absolute Gasteiger partial charge is 0.388 e. The van der Waals surface area contributed by atoms with E-state index in [-0.39, 0.29) is 0 Å². The first-order chi connectivity index (χ1) is 7.36. The molecule has 0 radical (unpaired) electrons. The van der Waals surface area contributed by atoms with Crippen LogP contribution in [0.1, 0.15) is 26.3 Å². The number of pyridine rings is 1. The van der Waals surface area contributed by atoms with Gasteiger partial charge in [0.1, 0.15) is 10.1 Å². The maximum absolute atomic E-state index is 5.67. The lowest BCUT2D eigenvalue weighted by Crippen LogP contribution is -2.24. The van der Waals surface area contributed by atoms with Gasteiger partial charge in [-0.05, 0) is 60.0 Å². The minimum atomic E-state index is -0.496. The number of aliphatic imine (C=N–C) groups is 1. The van der Waals surface area contributed by atoms with E-state index in [2.05, 4.69) is 32.5 Å². The molecule has 1 unspecified atom stereocenters. The molecule has 4 heteroatoms. The van der Waals surface area contributed by atoms with Crippen LogP contribution in [0.2, 0.25) is 0 Å². The van der Waals surface area contributed by atoms with Crippen LogP contribution in [-0.4, -0.2) is 10.8 Å². The number of amidine groups is 1. The number of rotatable bonds is 3. The van der Waals surface area contributed by atoms with Gasteiger partial charge in [-0.15, -0.1) is 0 Å². The van der Waals surface area contributed by atoms with Gasteiger partial charge in [0.05, 0.1) is 5.84 Å². The smallest absolute Gasteiger partial charge is 0.106 e. The fourth-order valence-corrected chi connectivity index (χ4v) is 1.83. The molecule has 0 aromatic carbocycles. The summed E-state index contributed by atoms with van der Waals surface area (Å²) in [4.78, 5) is 8.57. The van der Waals surface area contributed by atoms with E-state index in [1.165, 1.54) is 0 Å². The zero-order valence-corrected chi connectivity index (χ0v) is 11.4. The van der Waals surface area contributed by atoms with E-state index in [0.717, 1.165) is 15.7 Å². The van der Waals surface area contributed by atoms with Crippen molar-refractivity contribution in [3.63, 3.8) is 0 Å². The van der Waals surface area contributed by atoms with Gasteiger partial charge >= 0.3 is 0 Å². The fourth-order valence-electron chi connectivity index (χ4n) is 1.46. The Balaban J connectivity index is 3.33. The van der Waals surface area contributed by atoms with Crippen LogP contribution in [0, 0.1) is 0 Å². The van der Waals surface area contributed by atoms with Crippen molar-refractivity contribution in [1.82, 2.24) is 4.98 Å². The summed E-state index contributed by atoms with van der Waals surface area (Å²) in [5, 5.41) is 0. The summed E-state index contributed by atoms with van der Waals surface area (Å²) in [6.07, 6.45) is 1.74. The molecule has 1 aromatic heterocycles. The van der Waals surface area contributed by atoms with E-state index in [1.807, 2.05) is 26.0 Å². The van der Waals surface area contributed by atoms with Gasteiger partial charge in [0, 0.05) is 6.20 Å². The van der Waals surface area contributed by atoms with E-state index >= 15 is 0 Å². The average Bonchev–Trinajstić information content (AvgIpc) is 2.16. The molecular formula is C12H16BrN3. The topological polar surface area (TPSA) is 51.3 Å². The molecule has 0 amide bonds. The molecule has 0 aliphatic rings. The van der Waals surface area contributed by atoms with Crippen LogP contribution in [0.4, 0.5) is 0 Å². The third-order valence-electron chi connectivity index (χ3n) is 2.52. The van der Waals surface area contributed by atoms with E-state index < -0.39 is 5.54 Å². The number of aromatic nitrogens is 1. The van der Waals surface area contributed by atoms with Gasteiger partial charge < -0.3 is 5.73 Å². The Morgan fingerprint density at radius 1 is 1.56 bits per heavy atom. The predicted molar refractivity (Wildman–Crippen MR) is 71.4 cm³/mol. The Labute approximate surface area is 105 Å². The van der Waals surface area contributed by atoms with Crippen LogP contribution in [0.3, 0.4) is 0 Å². The van der Waals surface area contributed by atoms with Crippen molar-refractivity contribution in [1.29, 1.82) is 0 Å². The number of halogens is 1. The van der Waals surface area contributed by atoms with Gasteiger partial charge in [0.15, 0.2) is 0 Å². The maximum atomic E-state index is 5.67. The summed E-state index contributed by atoms with van der Waals surface area (Å²) < 4.78 is 0.780. The number of hydrogen-bond acceptors (Lipinski definition) is 2. The molecule has 0 spiro atoms. The minimum Gasteiger partial charge on any atom is -0.388 e. The summed E-state index contributed by atoms with van der Waals surface area (Å²) in [6.45, 7) is 9.70. The van der Waals surface area contributed by atoms with E-state index in [0.29, 0.717) is 5.84 Å². The lowest BCUT2D eigenvalue weighted by molar-refractivity contribution is 0.590. The van der Waals surface area contributed by atoms with Crippen LogP contribution in [0.25, 0.3) is 0 Å². The summed E-state index contributed by atoms with van der Waals surface area (Å²) in [5.41, 5.74) is 7.14. The van der Waals surface area contributed by atoms with Crippen molar-refractivity contribution in [2.45, 2.75) is 26.3 Å². The molecule has 16 heavy (non-hydrogen) atoms. The van der Waals surface area contributed by atoms with E-state index in [4.69, 9.17) is 5.73 Å². The molecule has 1 heterocycles. The molecule has 1 atom stereocenters. The van der Waals surface area contributed by atoms with Crippen molar-refractivity contribution in [3.8, 4) is 0 Å². The van der Waals surface area contributed by atoms with Crippen molar-refractivity contribution < 1.29 is 0 Å². The summed E-state index contributed by atoms with van der Waals surface area (Å²) >= 11 is 3.35. The fraction of sp³-hybridized carbons (Fsp3) is 0.333. The normalized spacial score (nSPS) is 15.6. The van der Waals surface area contributed by atoms with Gasteiger partial charge in [0.2, 0.25) is 0 Å². The van der Waals surface area contributed by atoms with Crippen molar-refractivity contribution in [2.24, 2.45) is 10.7 Å². The standard InChI is InChI=1S/C12H16BrN3/c1-8(2)12(4,16-9(3)14)10-5-6-15-11(13)7-10/h5-7H,1H2,2-4H3,(H2,14,16). The molecule has 1 aromatic rings. The first-order valence-electron chi connectivity index (χ1n) is 4.96. The zero-order valence-electron chi connectivity index (χ0n) is 9.79. The van der Waals surface area contributed by atoms with Crippen molar-refractivity contribution >= 4 is 21.8 Å². The minimum absolute atomic E-state index is 0.496. The first-order valence-corrected chi connectivity index (χ1v) is 5.75. The third kappa shape index (κ3) is 2.70. The van der Waals surface area contributed by atoms with Crippen LogP contribution >= 0.6 is 15.9 Å². The predicted octanol–water partition coefficient (Wildman–Crippen LogP) is 3.01. The van der Waals surface area contributed by atoms with Gasteiger partial charge in [-0.1, -0.05) is 6.58 Å². The molecule has 0 saturated heterocycles. The molecule has 86 valence electrons. The summed E-state index contributed by atoms with van der Waals surface area (Å²) in [5.74, 6) is 0.540. The van der Waals surface area contributed by atoms with Crippen LogP contribution in [-0.2, 0) is 5.54 Å². The van der Waals surface area contributed by atoms with Crippen LogP contribution < -0.4 is 5.73 Å². The molecule has 0 bridgehead atoms. The molecular weight excluding hydrogens is 266 g/mol. The second-order valence-electron chi connectivity index (χ2n) is 3.97. The van der Waals surface area contributed by atoms with Crippen molar-refractivity contribution in [2.75, 3.05) is 0 Å². The third-order valence-corrected chi connectivity index (χ3v) is 2.95. The average molecular weight is 282 g/mol. The molecule has 1 rings (SSSR count). The first kappa shape index (κ1) is 12.9. The number of hydrogen-bond donors (Lipinski definition) is 1. The Morgan fingerprint density at radius 3 is 2.62 bits per heavy atom. The Bertz CT molecular complexity index is 436. The molecule has 2 N–H and O–H groups in total. The molecule has 0 aliphatic carbocycles. The quantitative estimate of drug-likeness (QED) is 0.401. The van der Waals surface area contributed by atoms with E-state index in [1.54, 1.807) is 13.1 Å². The second kappa shape index (κ2) is 4.78. The zero-order chi connectivity index (χ0) is 12.3. The highest BCUT2D eigenvalue weighted by Gasteiger charge is 2.27. The van der Waals surface area contributed by atoms with E-state index in [9.17, 15) is 0 Å². The summed E-state index contributed by atoms with van der Waals surface area (Å²) in [6, 6.07) is 3.85. The van der Waals surface area contributed by atoms with Crippen molar-refractivity contribution in [3.05, 3.63) is 40.6 Å². The number of nitrogens with zero attached hydrogens (tertiary/aromatic N) is 2. The van der Waals surface area contributed by atoms with Gasteiger partial charge in [-0.2, -0.15) is 0 Å².